The molecule has 0 unspecified atom stereocenters. The van der Waals surface area contributed by atoms with Crippen molar-refractivity contribution in [1.82, 2.24) is 9.88 Å². The number of carbonyl (C=O) groups excluding carboxylic acids is 1. The number of nitrogens with zero attached hydrogens (tertiary/aromatic N) is 1. The summed E-state index contributed by atoms with van der Waals surface area (Å²) in [6, 6.07) is 1.61. The molecule has 3 rings (SSSR count). The molecule has 0 spiro atoms. The number of carbonyl (C=O) groups is 1. The summed E-state index contributed by atoms with van der Waals surface area (Å²) in [5.41, 5.74) is 0.656. The van der Waals surface area contributed by atoms with E-state index in [0.29, 0.717) is 12.2 Å². The van der Waals surface area contributed by atoms with E-state index in [1.165, 1.54) is 12.3 Å². The number of sulfonamides is 1. The van der Waals surface area contributed by atoms with Crippen molar-refractivity contribution in [1.29, 1.82) is 0 Å². The predicted molar refractivity (Wildman–Crippen MR) is 78.4 cm³/mol. The first-order valence-corrected chi connectivity index (χ1v) is 8.92. The highest BCUT2D eigenvalue weighted by molar-refractivity contribution is 7.89. The number of nitrogens with one attached hydrogen (secondary N) is 1. The summed E-state index contributed by atoms with van der Waals surface area (Å²) in [7, 11) is -3.78. The number of hydrogen-bond donors (Lipinski definition) is 2. The molecule has 1 aromatic rings. The van der Waals surface area contributed by atoms with Gasteiger partial charge >= 0.3 is 0 Å². The molecule has 2 fully saturated rings. The second-order valence-corrected chi connectivity index (χ2v) is 7.84. The number of primary sulfonamides is 1. The van der Waals surface area contributed by atoms with E-state index in [1.807, 2.05) is 0 Å². The van der Waals surface area contributed by atoms with Crippen molar-refractivity contribution < 1.29 is 13.2 Å². The van der Waals surface area contributed by atoms with Crippen LogP contribution in [-0.2, 0) is 10.0 Å². The van der Waals surface area contributed by atoms with Crippen LogP contribution in [0.2, 0.25) is 0 Å². The van der Waals surface area contributed by atoms with E-state index >= 15 is 0 Å². The fraction of sp³-hybridized carbons (Fsp3) is 0.643. The van der Waals surface area contributed by atoms with Crippen LogP contribution >= 0.6 is 0 Å². The quantitative estimate of drug-likeness (QED) is 0.831. The van der Waals surface area contributed by atoms with Gasteiger partial charge in [-0.3, -0.25) is 4.79 Å². The number of amides is 1. The molecule has 116 valence electrons. The maximum Gasteiger partial charge on any atom is 0.267 e. The summed E-state index contributed by atoms with van der Waals surface area (Å²) in [6.07, 6.45) is 6.77. The normalized spacial score (nSPS) is 20.3. The van der Waals surface area contributed by atoms with E-state index in [2.05, 4.69) is 12.2 Å². The molecule has 1 heterocycles. The molecule has 7 heteroatoms. The Kier molecular flexibility index (Phi) is 3.37. The van der Waals surface area contributed by atoms with Gasteiger partial charge in [-0.25, -0.2) is 13.6 Å². The molecule has 0 bridgehead atoms. The van der Waals surface area contributed by atoms with Crippen molar-refractivity contribution in [2.45, 2.75) is 50.0 Å². The highest BCUT2D eigenvalue weighted by Crippen LogP contribution is 2.47. The van der Waals surface area contributed by atoms with Gasteiger partial charge in [0.2, 0.25) is 10.0 Å². The van der Waals surface area contributed by atoms with Crippen molar-refractivity contribution in [2.75, 3.05) is 6.54 Å². The standard InChI is InChI=1S/C14H21N3O3S/c1-2-14(5-6-14)9-16-13(18)12-7-11(21(15,19)20)8-17(12)10-3-4-10/h7-8,10H,2-6,9H2,1H3,(H,16,18)(H2,15,19,20). The maximum atomic E-state index is 12.4. The lowest BCUT2D eigenvalue weighted by molar-refractivity contribution is 0.0935. The monoisotopic (exact) mass is 311 g/mol. The molecule has 3 N–H and O–H groups in total. The summed E-state index contributed by atoms with van der Waals surface area (Å²) >= 11 is 0. The molecule has 0 saturated heterocycles. The Morgan fingerprint density at radius 3 is 2.62 bits per heavy atom. The Bertz CT molecular complexity index is 670. The van der Waals surface area contributed by atoms with Gasteiger partial charge in [0.05, 0.1) is 0 Å². The molecule has 0 aromatic carbocycles. The van der Waals surface area contributed by atoms with Crippen LogP contribution in [0.5, 0.6) is 0 Å². The van der Waals surface area contributed by atoms with E-state index in [-0.39, 0.29) is 22.3 Å². The largest absolute Gasteiger partial charge is 0.350 e. The summed E-state index contributed by atoms with van der Waals surface area (Å²) in [6.45, 7) is 2.79. The summed E-state index contributed by atoms with van der Waals surface area (Å²) in [4.78, 5) is 12.4. The Morgan fingerprint density at radius 2 is 2.14 bits per heavy atom. The molecule has 2 aliphatic carbocycles. The lowest BCUT2D eigenvalue weighted by atomic mass is 10.0. The average Bonchev–Trinajstić information content (AvgIpc) is 3.34. The molecule has 0 aliphatic heterocycles. The van der Waals surface area contributed by atoms with Crippen molar-refractivity contribution in [3.8, 4) is 0 Å². The molecule has 2 aliphatic rings. The SMILES string of the molecule is CCC1(CNC(=O)c2cc(S(N)(=O)=O)cn2C2CC2)CC1. The molecule has 0 atom stereocenters. The van der Waals surface area contributed by atoms with E-state index in [0.717, 1.165) is 32.1 Å². The minimum Gasteiger partial charge on any atom is -0.350 e. The second-order valence-electron chi connectivity index (χ2n) is 6.28. The zero-order valence-electron chi connectivity index (χ0n) is 12.1. The Morgan fingerprint density at radius 1 is 1.48 bits per heavy atom. The van der Waals surface area contributed by atoms with Crippen LogP contribution in [0.15, 0.2) is 17.2 Å². The van der Waals surface area contributed by atoms with Gasteiger partial charge in [0.25, 0.3) is 5.91 Å². The van der Waals surface area contributed by atoms with E-state index < -0.39 is 10.0 Å². The average molecular weight is 311 g/mol. The summed E-state index contributed by atoms with van der Waals surface area (Å²) < 4.78 is 24.7. The van der Waals surface area contributed by atoms with Gasteiger partial charge in [0.15, 0.2) is 0 Å². The van der Waals surface area contributed by atoms with Crippen LogP contribution in [0.4, 0.5) is 0 Å². The smallest absolute Gasteiger partial charge is 0.267 e. The lowest BCUT2D eigenvalue weighted by Crippen LogP contribution is -2.31. The van der Waals surface area contributed by atoms with Crippen LogP contribution in [0, 0.1) is 5.41 Å². The molecule has 21 heavy (non-hydrogen) atoms. The Labute approximate surface area is 124 Å². The lowest BCUT2D eigenvalue weighted by Gasteiger charge is -2.14. The first kappa shape index (κ1) is 14.6. The van der Waals surface area contributed by atoms with Gasteiger partial charge in [-0.1, -0.05) is 6.92 Å². The molecule has 1 aromatic heterocycles. The van der Waals surface area contributed by atoms with E-state index in [4.69, 9.17) is 5.14 Å². The van der Waals surface area contributed by atoms with Crippen molar-refractivity contribution in [2.24, 2.45) is 10.6 Å². The second kappa shape index (κ2) is 4.84. The number of aromatic nitrogens is 1. The molecular formula is C14H21N3O3S. The van der Waals surface area contributed by atoms with E-state index in [1.54, 1.807) is 4.57 Å². The van der Waals surface area contributed by atoms with E-state index in [9.17, 15) is 13.2 Å². The summed E-state index contributed by atoms with van der Waals surface area (Å²) in [5, 5.41) is 8.11. The topological polar surface area (TPSA) is 94.2 Å². The zero-order chi connectivity index (χ0) is 15.3. The van der Waals surface area contributed by atoms with Gasteiger partial charge in [0.1, 0.15) is 10.6 Å². The van der Waals surface area contributed by atoms with Crippen LogP contribution in [-0.4, -0.2) is 25.4 Å². The van der Waals surface area contributed by atoms with Crippen LogP contribution in [0.1, 0.15) is 55.6 Å². The predicted octanol–water partition coefficient (Wildman–Crippen LogP) is 1.39. The number of hydrogen-bond acceptors (Lipinski definition) is 3. The van der Waals surface area contributed by atoms with Gasteiger partial charge in [0, 0.05) is 18.8 Å². The molecular weight excluding hydrogens is 290 g/mol. The van der Waals surface area contributed by atoms with Gasteiger partial charge in [-0.05, 0) is 43.6 Å². The number of nitrogens with two attached hydrogens (primary N) is 1. The first-order valence-electron chi connectivity index (χ1n) is 7.37. The fourth-order valence-electron chi connectivity index (χ4n) is 2.64. The van der Waals surface area contributed by atoms with Crippen LogP contribution in [0.3, 0.4) is 0 Å². The first-order chi connectivity index (χ1) is 9.85. The van der Waals surface area contributed by atoms with Crippen molar-refractivity contribution in [3.05, 3.63) is 18.0 Å². The van der Waals surface area contributed by atoms with Gasteiger partial charge in [-0.2, -0.15) is 0 Å². The third kappa shape index (κ3) is 2.98. The molecule has 6 nitrogen and oxygen atoms in total. The minimum absolute atomic E-state index is 0.0103. The fourth-order valence-corrected chi connectivity index (χ4v) is 3.17. The van der Waals surface area contributed by atoms with Gasteiger partial charge in [-0.15, -0.1) is 0 Å². The van der Waals surface area contributed by atoms with Crippen LogP contribution in [0.25, 0.3) is 0 Å². The minimum atomic E-state index is -3.78. The number of rotatable bonds is 6. The third-order valence-electron chi connectivity index (χ3n) is 4.66. The Hall–Kier alpha value is -1.34. The molecule has 0 radical (unpaired) electrons. The maximum absolute atomic E-state index is 12.4. The van der Waals surface area contributed by atoms with Crippen molar-refractivity contribution >= 4 is 15.9 Å². The Balaban J connectivity index is 1.80. The van der Waals surface area contributed by atoms with Crippen molar-refractivity contribution in [3.63, 3.8) is 0 Å². The highest BCUT2D eigenvalue weighted by atomic mass is 32.2. The third-order valence-corrected chi connectivity index (χ3v) is 5.54. The molecule has 1 amide bonds. The van der Waals surface area contributed by atoms with Gasteiger partial charge < -0.3 is 9.88 Å². The highest BCUT2D eigenvalue weighted by Gasteiger charge is 2.41. The molecule has 2 saturated carbocycles. The van der Waals surface area contributed by atoms with Crippen LogP contribution < -0.4 is 10.5 Å². The zero-order valence-corrected chi connectivity index (χ0v) is 12.9. The summed E-state index contributed by atoms with van der Waals surface area (Å²) in [5.74, 6) is -0.212.